The van der Waals surface area contributed by atoms with Crippen molar-refractivity contribution in [2.24, 2.45) is 5.92 Å². The van der Waals surface area contributed by atoms with Crippen LogP contribution in [0.25, 0.3) is 0 Å². The summed E-state index contributed by atoms with van der Waals surface area (Å²) in [7, 11) is 0. The number of amides is 1. The Balaban J connectivity index is 1.52. The Labute approximate surface area is 147 Å². The highest BCUT2D eigenvalue weighted by molar-refractivity contribution is 5.79. The van der Waals surface area contributed by atoms with Crippen LogP contribution in [0.15, 0.2) is 41.0 Å². The average molecular weight is 341 g/mol. The van der Waals surface area contributed by atoms with Gasteiger partial charge < -0.3 is 18.8 Å². The van der Waals surface area contributed by atoms with Crippen LogP contribution in [0.1, 0.15) is 43.4 Å². The lowest BCUT2D eigenvalue weighted by Gasteiger charge is -2.29. The molecule has 4 rings (SSSR count). The first-order valence-corrected chi connectivity index (χ1v) is 8.99. The normalized spacial score (nSPS) is 16.8. The second kappa shape index (κ2) is 7.21. The molecular formula is C20H23NO4. The van der Waals surface area contributed by atoms with E-state index >= 15 is 0 Å². The molecule has 2 heterocycles. The van der Waals surface area contributed by atoms with Crippen molar-refractivity contribution in [1.82, 2.24) is 4.90 Å². The molecule has 1 aliphatic carbocycles. The highest BCUT2D eigenvalue weighted by Crippen LogP contribution is 2.33. The predicted octanol–water partition coefficient (Wildman–Crippen LogP) is 4.12. The van der Waals surface area contributed by atoms with Gasteiger partial charge in [0.1, 0.15) is 5.76 Å². The minimum absolute atomic E-state index is 0.137. The van der Waals surface area contributed by atoms with Gasteiger partial charge in [-0.15, -0.1) is 0 Å². The number of benzene rings is 1. The molecule has 1 saturated carbocycles. The number of furan rings is 1. The molecule has 1 fully saturated rings. The molecule has 5 heteroatoms. The summed E-state index contributed by atoms with van der Waals surface area (Å²) >= 11 is 0. The van der Waals surface area contributed by atoms with Crippen LogP contribution in [0.4, 0.5) is 0 Å². The second-order valence-corrected chi connectivity index (χ2v) is 6.80. The van der Waals surface area contributed by atoms with Crippen molar-refractivity contribution in [1.29, 1.82) is 0 Å². The van der Waals surface area contributed by atoms with E-state index in [1.54, 1.807) is 6.26 Å². The number of hydrogen-bond acceptors (Lipinski definition) is 4. The summed E-state index contributed by atoms with van der Waals surface area (Å²) < 4.78 is 16.3. The zero-order valence-electron chi connectivity index (χ0n) is 14.3. The maximum absolute atomic E-state index is 13.1. The molecule has 1 aliphatic heterocycles. The van der Waals surface area contributed by atoms with E-state index in [1.807, 2.05) is 35.2 Å². The van der Waals surface area contributed by atoms with Crippen molar-refractivity contribution < 1.29 is 18.7 Å². The number of hydrogen-bond donors (Lipinski definition) is 0. The summed E-state index contributed by atoms with van der Waals surface area (Å²) in [6.07, 6.45) is 7.18. The van der Waals surface area contributed by atoms with Crippen LogP contribution in [0, 0.1) is 5.92 Å². The molecule has 1 aromatic carbocycles. The molecule has 0 N–H and O–H groups in total. The van der Waals surface area contributed by atoms with E-state index in [-0.39, 0.29) is 18.6 Å². The number of carbonyl (C=O) groups excluding carboxylic acids is 1. The average Bonchev–Trinajstić information content (AvgIpc) is 3.32. The number of carbonyl (C=O) groups is 1. The van der Waals surface area contributed by atoms with Gasteiger partial charge in [-0.2, -0.15) is 0 Å². The molecule has 2 aliphatic rings. The minimum Gasteiger partial charge on any atom is -0.467 e. The summed E-state index contributed by atoms with van der Waals surface area (Å²) in [5.74, 6) is 2.69. The highest BCUT2D eigenvalue weighted by Gasteiger charge is 2.27. The fourth-order valence-electron chi connectivity index (χ4n) is 3.67. The predicted molar refractivity (Wildman–Crippen MR) is 92.1 cm³/mol. The fraction of sp³-hybridized carbons (Fsp3) is 0.450. The Hall–Kier alpha value is -2.43. The summed E-state index contributed by atoms with van der Waals surface area (Å²) in [5, 5.41) is 0. The molecule has 132 valence electrons. The molecule has 0 spiro atoms. The van der Waals surface area contributed by atoms with E-state index < -0.39 is 0 Å². The third-order valence-electron chi connectivity index (χ3n) is 5.00. The molecule has 2 aromatic rings. The lowest BCUT2D eigenvalue weighted by atomic mass is 9.88. The first-order valence-electron chi connectivity index (χ1n) is 8.99. The molecule has 1 amide bonds. The van der Waals surface area contributed by atoms with Gasteiger partial charge in [-0.1, -0.05) is 25.3 Å². The van der Waals surface area contributed by atoms with Gasteiger partial charge in [0.25, 0.3) is 0 Å². The number of fused-ring (bicyclic) bond motifs is 1. The van der Waals surface area contributed by atoms with Crippen LogP contribution in [-0.2, 0) is 17.9 Å². The van der Waals surface area contributed by atoms with Gasteiger partial charge in [-0.25, -0.2) is 0 Å². The quantitative estimate of drug-likeness (QED) is 0.821. The Morgan fingerprint density at radius 3 is 2.68 bits per heavy atom. The standard InChI is InChI=1S/C20H23NO4/c22-20(16-5-2-1-3-6-16)21(13-17-7-4-10-23-17)12-15-8-9-18-19(11-15)25-14-24-18/h4,7-11,16H,1-3,5-6,12-14H2. The van der Waals surface area contributed by atoms with E-state index in [9.17, 15) is 4.79 Å². The van der Waals surface area contributed by atoms with Crippen molar-refractivity contribution in [2.75, 3.05) is 6.79 Å². The van der Waals surface area contributed by atoms with Crippen LogP contribution >= 0.6 is 0 Å². The van der Waals surface area contributed by atoms with Crippen LogP contribution in [0.2, 0.25) is 0 Å². The molecule has 0 atom stereocenters. The summed E-state index contributed by atoms with van der Waals surface area (Å²) in [6, 6.07) is 9.65. The van der Waals surface area contributed by atoms with E-state index in [0.717, 1.165) is 48.5 Å². The van der Waals surface area contributed by atoms with Crippen LogP contribution in [0.5, 0.6) is 11.5 Å². The monoisotopic (exact) mass is 341 g/mol. The number of nitrogens with zero attached hydrogens (tertiary/aromatic N) is 1. The first-order chi connectivity index (χ1) is 12.3. The smallest absolute Gasteiger partial charge is 0.231 e. The van der Waals surface area contributed by atoms with Crippen LogP contribution in [-0.4, -0.2) is 17.6 Å². The molecule has 0 bridgehead atoms. The summed E-state index contributed by atoms with van der Waals surface area (Å²) in [5.41, 5.74) is 1.04. The van der Waals surface area contributed by atoms with Gasteiger partial charge in [0, 0.05) is 12.5 Å². The van der Waals surface area contributed by atoms with Crippen LogP contribution < -0.4 is 9.47 Å². The summed E-state index contributed by atoms with van der Waals surface area (Å²) in [4.78, 5) is 15.0. The maximum atomic E-state index is 13.1. The molecule has 5 nitrogen and oxygen atoms in total. The van der Waals surface area contributed by atoms with Gasteiger partial charge in [0.05, 0.1) is 12.8 Å². The molecule has 0 radical (unpaired) electrons. The number of rotatable bonds is 5. The maximum Gasteiger partial charge on any atom is 0.231 e. The van der Waals surface area contributed by atoms with Crippen molar-refractivity contribution in [3.63, 3.8) is 0 Å². The Kier molecular flexibility index (Phi) is 4.63. The SMILES string of the molecule is O=C(C1CCCCC1)N(Cc1ccc2c(c1)OCO2)Cc1ccco1. The molecule has 25 heavy (non-hydrogen) atoms. The second-order valence-electron chi connectivity index (χ2n) is 6.80. The van der Waals surface area contributed by atoms with Crippen molar-refractivity contribution in [3.8, 4) is 11.5 Å². The zero-order valence-corrected chi connectivity index (χ0v) is 14.3. The lowest BCUT2D eigenvalue weighted by molar-refractivity contribution is -0.138. The lowest BCUT2D eigenvalue weighted by Crippen LogP contribution is -2.36. The zero-order chi connectivity index (χ0) is 17.1. The van der Waals surface area contributed by atoms with Crippen molar-refractivity contribution in [3.05, 3.63) is 47.9 Å². The van der Waals surface area contributed by atoms with E-state index in [0.29, 0.717) is 13.1 Å². The topological polar surface area (TPSA) is 51.9 Å². The molecule has 0 unspecified atom stereocenters. The number of ether oxygens (including phenoxy) is 2. The van der Waals surface area contributed by atoms with Crippen LogP contribution in [0.3, 0.4) is 0 Å². The van der Waals surface area contributed by atoms with Gasteiger partial charge >= 0.3 is 0 Å². The van der Waals surface area contributed by atoms with Gasteiger partial charge in [0.15, 0.2) is 11.5 Å². The Morgan fingerprint density at radius 2 is 1.88 bits per heavy atom. The van der Waals surface area contributed by atoms with E-state index in [4.69, 9.17) is 13.9 Å². The third kappa shape index (κ3) is 3.65. The van der Waals surface area contributed by atoms with Gasteiger partial charge in [0.2, 0.25) is 12.7 Å². The largest absolute Gasteiger partial charge is 0.467 e. The first kappa shape index (κ1) is 16.1. The highest BCUT2D eigenvalue weighted by atomic mass is 16.7. The Morgan fingerprint density at radius 1 is 1.04 bits per heavy atom. The van der Waals surface area contributed by atoms with Gasteiger partial charge in [-0.05, 0) is 42.7 Å². The van der Waals surface area contributed by atoms with E-state index in [1.165, 1.54) is 6.42 Å². The summed E-state index contributed by atoms with van der Waals surface area (Å²) in [6.45, 7) is 1.30. The van der Waals surface area contributed by atoms with Gasteiger partial charge in [-0.3, -0.25) is 4.79 Å². The third-order valence-corrected chi connectivity index (χ3v) is 5.00. The molecule has 1 aromatic heterocycles. The van der Waals surface area contributed by atoms with E-state index in [2.05, 4.69) is 0 Å². The van der Waals surface area contributed by atoms with Crippen molar-refractivity contribution in [2.45, 2.75) is 45.2 Å². The Bertz CT molecular complexity index is 719. The fourth-order valence-corrected chi connectivity index (χ4v) is 3.67. The van der Waals surface area contributed by atoms with Crippen molar-refractivity contribution >= 4 is 5.91 Å². The molecular weight excluding hydrogens is 318 g/mol. The minimum atomic E-state index is 0.137. The molecule has 0 saturated heterocycles.